The summed E-state index contributed by atoms with van der Waals surface area (Å²) < 4.78 is 22.8. The number of carbonyl (C=O) groups is 3. The maximum Gasteiger partial charge on any atom is 0.333 e. The molecule has 2 fully saturated rings. The Morgan fingerprint density at radius 2 is 1.80 bits per heavy atom. The van der Waals surface area contributed by atoms with Crippen LogP contribution in [0.2, 0.25) is 0 Å². The first-order chi connectivity index (χ1) is 9.47. The molecule has 2 amide bonds. The van der Waals surface area contributed by atoms with Crippen LogP contribution in [0.25, 0.3) is 0 Å². The van der Waals surface area contributed by atoms with Gasteiger partial charge in [-0.2, -0.15) is 0 Å². The lowest BCUT2D eigenvalue weighted by Crippen LogP contribution is -2.37. The number of piperidine rings is 1. The van der Waals surface area contributed by atoms with Crippen molar-refractivity contribution in [3.63, 3.8) is 0 Å². The van der Waals surface area contributed by atoms with Gasteiger partial charge in [0.1, 0.15) is 0 Å². The molecular weight excluding hydrogens is 288 g/mol. The second-order valence-corrected chi connectivity index (χ2v) is 5.79. The van der Waals surface area contributed by atoms with Crippen molar-refractivity contribution in [2.24, 2.45) is 5.92 Å². The van der Waals surface area contributed by atoms with E-state index in [-0.39, 0.29) is 25.2 Å². The van der Waals surface area contributed by atoms with Gasteiger partial charge in [-0.3, -0.25) is 13.8 Å². The fraction of sp³-hybridized carbons (Fsp3) is 0.727. The van der Waals surface area contributed by atoms with Gasteiger partial charge in [0.2, 0.25) is 0 Å². The Kier molecular flexibility index (Phi) is 4.84. The Morgan fingerprint density at radius 1 is 1.25 bits per heavy atom. The van der Waals surface area contributed by atoms with Crippen LogP contribution in [0.1, 0.15) is 32.1 Å². The van der Waals surface area contributed by atoms with E-state index in [0.29, 0.717) is 31.0 Å². The average molecular weight is 303 g/mol. The molecule has 0 N–H and O–H groups in total. The Balaban J connectivity index is 1.77. The number of rotatable bonds is 4. The minimum atomic E-state index is -2.22. The Bertz CT molecular complexity index is 430. The normalized spacial score (nSPS) is 23.1. The van der Waals surface area contributed by atoms with E-state index in [1.807, 2.05) is 0 Å². The molecule has 0 aromatic heterocycles. The fourth-order valence-corrected chi connectivity index (χ4v) is 2.80. The van der Waals surface area contributed by atoms with Gasteiger partial charge in [-0.05, 0) is 18.8 Å². The first-order valence-electron chi connectivity index (χ1n) is 6.38. The van der Waals surface area contributed by atoms with Gasteiger partial charge < -0.3 is 9.39 Å². The number of nitrogens with zero attached hydrogens (tertiary/aromatic N) is 2. The van der Waals surface area contributed by atoms with Gasteiger partial charge >= 0.3 is 5.97 Å². The molecule has 0 aromatic carbocycles. The molecule has 0 bridgehead atoms. The molecule has 0 saturated carbocycles. The maximum atomic E-state index is 11.7. The molecule has 2 heterocycles. The molecule has 2 aliphatic heterocycles. The van der Waals surface area contributed by atoms with E-state index in [4.69, 9.17) is 4.84 Å². The number of hydrogen-bond acceptors (Lipinski definition) is 6. The summed E-state index contributed by atoms with van der Waals surface area (Å²) in [6.07, 6.45) is 1.34. The molecule has 9 heteroatoms. The zero-order valence-electron chi connectivity index (χ0n) is 10.8. The third-order valence-electron chi connectivity index (χ3n) is 3.44. The lowest BCUT2D eigenvalue weighted by molar-refractivity contribution is -0.198. The Hall–Kier alpha value is -1.32. The molecule has 0 aromatic rings. The second-order valence-electron chi connectivity index (χ2n) is 4.84. The fourth-order valence-electron chi connectivity index (χ4n) is 2.30. The van der Waals surface area contributed by atoms with Crippen LogP contribution in [0, 0.1) is 5.92 Å². The van der Waals surface area contributed by atoms with Crippen LogP contribution >= 0.6 is 0 Å². The quantitative estimate of drug-likeness (QED) is 0.511. The Morgan fingerprint density at radius 3 is 2.30 bits per heavy atom. The molecule has 1 unspecified atom stereocenters. The van der Waals surface area contributed by atoms with E-state index < -0.39 is 29.1 Å². The summed E-state index contributed by atoms with van der Waals surface area (Å²) in [6, 6.07) is 0. The summed E-state index contributed by atoms with van der Waals surface area (Å²) in [4.78, 5) is 39.0. The monoisotopic (exact) mass is 303 g/mol. The van der Waals surface area contributed by atoms with Crippen molar-refractivity contribution in [3.05, 3.63) is 0 Å². The van der Waals surface area contributed by atoms with Crippen molar-refractivity contribution >= 4 is 29.1 Å². The van der Waals surface area contributed by atoms with Gasteiger partial charge in [-0.15, -0.1) is 5.06 Å². The first-order valence-corrected chi connectivity index (χ1v) is 7.41. The van der Waals surface area contributed by atoms with Crippen LogP contribution in [-0.2, 0) is 30.5 Å². The SMILES string of the molecule is O=C(CC1CCN(S(=O)[O-])CC1)ON1C(=O)CCC1=O. The standard InChI is InChI=1S/C11H16N2O6S/c14-9-1-2-10(15)13(9)19-11(16)7-8-3-5-12(6-4-8)20(17)18/h8H,1-7H2,(H,17,18)/p-1. The summed E-state index contributed by atoms with van der Waals surface area (Å²) in [5, 5.41) is 0.532. The maximum absolute atomic E-state index is 11.7. The van der Waals surface area contributed by atoms with E-state index in [0.717, 1.165) is 0 Å². The molecule has 20 heavy (non-hydrogen) atoms. The van der Waals surface area contributed by atoms with Crippen LogP contribution in [-0.4, -0.2) is 49.0 Å². The van der Waals surface area contributed by atoms with Crippen molar-refractivity contribution in [1.29, 1.82) is 0 Å². The molecule has 2 rings (SSSR count). The minimum absolute atomic E-state index is 0.00936. The molecule has 2 aliphatic rings. The second kappa shape index (κ2) is 6.42. The lowest BCUT2D eigenvalue weighted by atomic mass is 9.95. The van der Waals surface area contributed by atoms with Gasteiger partial charge in [0.25, 0.3) is 11.8 Å². The highest BCUT2D eigenvalue weighted by molar-refractivity contribution is 7.76. The van der Waals surface area contributed by atoms with Gasteiger partial charge in [0, 0.05) is 37.2 Å². The molecule has 0 spiro atoms. The summed E-state index contributed by atoms with van der Waals surface area (Å²) >= 11 is -2.22. The Labute approximate surface area is 118 Å². The van der Waals surface area contributed by atoms with E-state index in [1.165, 1.54) is 4.31 Å². The summed E-state index contributed by atoms with van der Waals surface area (Å²) in [6.45, 7) is 0.741. The predicted octanol–water partition coefficient (Wildman–Crippen LogP) is -0.510. The van der Waals surface area contributed by atoms with E-state index in [1.54, 1.807) is 0 Å². The van der Waals surface area contributed by atoms with Crippen molar-refractivity contribution in [3.8, 4) is 0 Å². The highest BCUT2D eigenvalue weighted by atomic mass is 32.2. The topological polar surface area (TPSA) is 107 Å². The zero-order valence-corrected chi connectivity index (χ0v) is 11.6. The number of imide groups is 1. The molecule has 1 atom stereocenters. The van der Waals surface area contributed by atoms with Gasteiger partial charge in [0.15, 0.2) is 0 Å². The van der Waals surface area contributed by atoms with E-state index >= 15 is 0 Å². The third-order valence-corrected chi connectivity index (χ3v) is 4.23. The van der Waals surface area contributed by atoms with Crippen molar-refractivity contribution in [2.75, 3.05) is 13.1 Å². The largest absolute Gasteiger partial charge is 0.760 e. The molecule has 0 radical (unpaired) electrons. The third kappa shape index (κ3) is 3.62. The van der Waals surface area contributed by atoms with Gasteiger partial charge in [-0.25, -0.2) is 9.10 Å². The zero-order chi connectivity index (χ0) is 14.7. The molecule has 112 valence electrons. The lowest BCUT2D eigenvalue weighted by Gasteiger charge is -2.32. The van der Waals surface area contributed by atoms with Crippen LogP contribution in [0.15, 0.2) is 0 Å². The van der Waals surface area contributed by atoms with Gasteiger partial charge in [0.05, 0.1) is 6.42 Å². The first kappa shape index (κ1) is 15.1. The number of hydrogen-bond donors (Lipinski definition) is 0. The molecule has 0 aliphatic carbocycles. The van der Waals surface area contributed by atoms with Crippen molar-refractivity contribution < 1.29 is 28.0 Å². The van der Waals surface area contributed by atoms with Crippen molar-refractivity contribution in [2.45, 2.75) is 32.1 Å². The number of amides is 2. The molecule has 8 nitrogen and oxygen atoms in total. The summed E-state index contributed by atoms with van der Waals surface area (Å²) in [5.74, 6) is -1.62. The summed E-state index contributed by atoms with van der Waals surface area (Å²) in [5.41, 5.74) is 0. The van der Waals surface area contributed by atoms with E-state index in [2.05, 4.69) is 0 Å². The molecule has 2 saturated heterocycles. The highest BCUT2D eigenvalue weighted by Crippen LogP contribution is 2.22. The van der Waals surface area contributed by atoms with Crippen LogP contribution < -0.4 is 0 Å². The van der Waals surface area contributed by atoms with E-state index in [9.17, 15) is 23.1 Å². The van der Waals surface area contributed by atoms with Gasteiger partial charge in [-0.1, -0.05) is 0 Å². The number of carbonyl (C=O) groups excluding carboxylic acids is 3. The predicted molar refractivity (Wildman–Crippen MR) is 65.0 cm³/mol. The van der Waals surface area contributed by atoms with Crippen molar-refractivity contribution in [1.82, 2.24) is 9.37 Å². The van der Waals surface area contributed by atoms with Crippen LogP contribution in [0.5, 0.6) is 0 Å². The minimum Gasteiger partial charge on any atom is -0.760 e. The smallest absolute Gasteiger partial charge is 0.333 e. The van der Waals surface area contributed by atoms with Crippen LogP contribution in [0.4, 0.5) is 0 Å². The highest BCUT2D eigenvalue weighted by Gasteiger charge is 2.33. The van der Waals surface area contributed by atoms with Crippen LogP contribution in [0.3, 0.4) is 0 Å². The molecular formula is C11H15N2O6S-. The number of hydroxylamine groups is 2. The summed E-state index contributed by atoms with van der Waals surface area (Å²) in [7, 11) is 0. The average Bonchev–Trinajstić information content (AvgIpc) is 2.71.